The first-order valence-electron chi connectivity index (χ1n) is 8.02. The number of benzene rings is 1. The number of β-amino-alcohol motifs (C(OH)–C–C–N with tert-alkyl or cyclic N) is 1. The summed E-state index contributed by atoms with van der Waals surface area (Å²) in [6.07, 6.45) is 0.596. The molecule has 0 saturated carbocycles. The molecule has 0 spiro atoms. The van der Waals surface area contributed by atoms with Crippen LogP contribution < -0.4 is 0 Å². The van der Waals surface area contributed by atoms with Gasteiger partial charge >= 0.3 is 0 Å². The van der Waals surface area contributed by atoms with E-state index in [1.807, 2.05) is 38.1 Å². The zero-order chi connectivity index (χ0) is 15.9. The molecule has 3 rings (SSSR count). The van der Waals surface area contributed by atoms with Crippen LogP contribution in [0.15, 0.2) is 24.3 Å². The zero-order valence-corrected chi connectivity index (χ0v) is 13.5. The van der Waals surface area contributed by atoms with Gasteiger partial charge < -0.3 is 10.1 Å². The van der Waals surface area contributed by atoms with Crippen LogP contribution >= 0.6 is 0 Å². The van der Waals surface area contributed by atoms with Gasteiger partial charge in [0.05, 0.1) is 12.1 Å². The van der Waals surface area contributed by atoms with Gasteiger partial charge in [-0.1, -0.05) is 25.1 Å². The van der Waals surface area contributed by atoms with E-state index in [4.69, 9.17) is 0 Å². The quantitative estimate of drug-likeness (QED) is 0.857. The molecule has 0 aliphatic carbocycles. The average molecular weight is 300 g/mol. The maximum Gasteiger partial charge on any atom is 0.182 e. The molecule has 4 nitrogen and oxygen atoms in total. The third-order valence-corrected chi connectivity index (χ3v) is 5.02. The molecule has 1 aliphatic heterocycles. The van der Waals surface area contributed by atoms with Gasteiger partial charge in [0.1, 0.15) is 0 Å². The highest BCUT2D eigenvalue weighted by atomic mass is 16.3. The Bertz CT molecular complexity index is 691. The van der Waals surface area contributed by atoms with Gasteiger partial charge in [-0.15, -0.1) is 0 Å². The molecule has 1 aromatic carbocycles. The van der Waals surface area contributed by atoms with Crippen molar-refractivity contribution in [3.63, 3.8) is 0 Å². The van der Waals surface area contributed by atoms with E-state index < -0.39 is 0 Å². The number of rotatable bonds is 3. The van der Waals surface area contributed by atoms with Crippen molar-refractivity contribution in [3.8, 4) is 0 Å². The van der Waals surface area contributed by atoms with Crippen LogP contribution in [0.1, 0.15) is 36.3 Å². The molecule has 1 fully saturated rings. The Hall–Kier alpha value is -1.65. The number of hydrogen-bond donors (Lipinski definition) is 2. The van der Waals surface area contributed by atoms with Crippen LogP contribution in [0, 0.1) is 12.8 Å². The van der Waals surface area contributed by atoms with E-state index in [0.29, 0.717) is 12.5 Å². The van der Waals surface area contributed by atoms with E-state index in [1.165, 1.54) is 0 Å². The molecule has 118 valence electrons. The lowest BCUT2D eigenvalue weighted by Gasteiger charge is -2.37. The molecule has 1 aliphatic rings. The maximum atomic E-state index is 13.0. The monoisotopic (exact) mass is 300 g/mol. The smallest absolute Gasteiger partial charge is 0.182 e. The van der Waals surface area contributed by atoms with Crippen LogP contribution in [0.5, 0.6) is 0 Å². The van der Waals surface area contributed by atoms with E-state index >= 15 is 0 Å². The lowest BCUT2D eigenvalue weighted by molar-refractivity contribution is 0.0147. The van der Waals surface area contributed by atoms with Crippen molar-refractivity contribution in [1.29, 1.82) is 0 Å². The van der Waals surface area contributed by atoms with E-state index in [0.717, 1.165) is 35.1 Å². The molecule has 2 heterocycles. The lowest BCUT2D eigenvalue weighted by atomic mass is 9.93. The van der Waals surface area contributed by atoms with Crippen LogP contribution in [0.4, 0.5) is 0 Å². The van der Waals surface area contributed by atoms with Crippen molar-refractivity contribution < 1.29 is 9.90 Å². The molecular formula is C18H24N2O2. The van der Waals surface area contributed by atoms with Crippen molar-refractivity contribution in [2.75, 3.05) is 13.1 Å². The highest BCUT2D eigenvalue weighted by Gasteiger charge is 2.31. The number of nitrogens with one attached hydrogen (secondary N) is 1. The Morgan fingerprint density at radius 1 is 1.41 bits per heavy atom. The largest absolute Gasteiger partial charge is 0.392 e. The number of nitrogens with zero attached hydrogens (tertiary/aromatic N) is 1. The van der Waals surface area contributed by atoms with Crippen LogP contribution in [0.25, 0.3) is 10.9 Å². The first-order valence-corrected chi connectivity index (χ1v) is 8.02. The lowest BCUT2D eigenvalue weighted by Crippen LogP contribution is -2.49. The number of fused-ring (bicyclic) bond motifs is 1. The highest BCUT2D eigenvalue weighted by molar-refractivity contribution is 6.11. The standard InChI is InChI=1S/C18H24N2O2/c1-11-8-9-20(10-16(11)21)13(3)18(22)17-12(2)19-15-7-5-4-6-14(15)17/h4-7,11,13,16,19,21H,8-10H2,1-3H3. The van der Waals surface area contributed by atoms with Crippen LogP contribution in [-0.2, 0) is 0 Å². The Balaban J connectivity index is 1.88. The first-order chi connectivity index (χ1) is 10.5. The van der Waals surface area contributed by atoms with Gasteiger partial charge in [0.2, 0.25) is 0 Å². The number of aromatic amines is 1. The molecular weight excluding hydrogens is 276 g/mol. The zero-order valence-electron chi connectivity index (χ0n) is 13.5. The van der Waals surface area contributed by atoms with Crippen molar-refractivity contribution in [1.82, 2.24) is 9.88 Å². The molecule has 3 atom stereocenters. The molecule has 2 N–H and O–H groups in total. The Labute approximate surface area is 131 Å². The van der Waals surface area contributed by atoms with Crippen molar-refractivity contribution >= 4 is 16.7 Å². The van der Waals surface area contributed by atoms with Crippen LogP contribution in [0.3, 0.4) is 0 Å². The number of carbonyl (C=O) groups excluding carboxylic acids is 1. The molecule has 1 aromatic heterocycles. The van der Waals surface area contributed by atoms with Gasteiger partial charge in [-0.2, -0.15) is 0 Å². The summed E-state index contributed by atoms with van der Waals surface area (Å²) in [5, 5.41) is 11.1. The predicted molar refractivity (Wildman–Crippen MR) is 88.2 cm³/mol. The summed E-state index contributed by atoms with van der Waals surface area (Å²) in [5.41, 5.74) is 2.71. The summed E-state index contributed by atoms with van der Waals surface area (Å²) in [6.45, 7) is 7.42. The summed E-state index contributed by atoms with van der Waals surface area (Å²) in [4.78, 5) is 18.4. The van der Waals surface area contributed by atoms with Crippen molar-refractivity contribution in [2.45, 2.75) is 39.3 Å². The summed E-state index contributed by atoms with van der Waals surface area (Å²) in [6, 6.07) is 7.71. The molecule has 0 radical (unpaired) electrons. The molecule has 0 bridgehead atoms. The fraction of sp³-hybridized carbons (Fsp3) is 0.500. The normalized spacial score (nSPS) is 24.5. The summed E-state index contributed by atoms with van der Waals surface area (Å²) in [7, 11) is 0. The molecule has 0 amide bonds. The van der Waals surface area contributed by atoms with Gasteiger partial charge in [-0.3, -0.25) is 9.69 Å². The molecule has 3 unspecified atom stereocenters. The molecule has 2 aromatic rings. The SMILES string of the molecule is Cc1[nH]c2ccccc2c1C(=O)C(C)N1CCC(C)C(O)C1. The number of aromatic nitrogens is 1. The van der Waals surface area contributed by atoms with Crippen molar-refractivity contribution in [2.24, 2.45) is 5.92 Å². The van der Waals surface area contributed by atoms with E-state index in [9.17, 15) is 9.90 Å². The second-order valence-corrected chi connectivity index (χ2v) is 6.54. The van der Waals surface area contributed by atoms with Crippen LogP contribution in [-0.4, -0.2) is 46.0 Å². The number of aliphatic hydroxyl groups is 1. The highest BCUT2D eigenvalue weighted by Crippen LogP contribution is 2.26. The molecule has 1 saturated heterocycles. The molecule has 4 heteroatoms. The van der Waals surface area contributed by atoms with E-state index in [2.05, 4.69) is 16.8 Å². The number of carbonyl (C=O) groups is 1. The van der Waals surface area contributed by atoms with E-state index in [1.54, 1.807) is 0 Å². The third-order valence-electron chi connectivity index (χ3n) is 5.02. The topological polar surface area (TPSA) is 56.3 Å². The predicted octanol–water partition coefficient (Wildman–Crippen LogP) is 2.75. The van der Waals surface area contributed by atoms with Gasteiger partial charge in [0, 0.05) is 28.7 Å². The number of Topliss-reactive ketones (excluding diaryl/α,β-unsaturated/α-hetero) is 1. The first kappa shape index (κ1) is 15.3. The Morgan fingerprint density at radius 3 is 2.86 bits per heavy atom. The number of likely N-dealkylation sites (tertiary alicyclic amines) is 1. The summed E-state index contributed by atoms with van der Waals surface area (Å²) >= 11 is 0. The number of aliphatic hydroxyl groups excluding tert-OH is 1. The Morgan fingerprint density at radius 2 is 2.14 bits per heavy atom. The number of H-pyrrole nitrogens is 1. The minimum absolute atomic E-state index is 0.136. The minimum Gasteiger partial charge on any atom is -0.392 e. The fourth-order valence-electron chi connectivity index (χ4n) is 3.39. The van der Waals surface area contributed by atoms with Gasteiger partial charge in [0.25, 0.3) is 0 Å². The minimum atomic E-state index is -0.340. The average Bonchev–Trinajstić information content (AvgIpc) is 2.84. The summed E-state index contributed by atoms with van der Waals surface area (Å²) < 4.78 is 0. The molecule has 22 heavy (non-hydrogen) atoms. The second-order valence-electron chi connectivity index (χ2n) is 6.54. The van der Waals surface area contributed by atoms with E-state index in [-0.39, 0.29) is 17.9 Å². The maximum absolute atomic E-state index is 13.0. The number of aryl methyl sites for hydroxylation is 1. The number of hydrogen-bond acceptors (Lipinski definition) is 3. The van der Waals surface area contributed by atoms with Gasteiger partial charge in [-0.05, 0) is 38.8 Å². The Kier molecular flexibility index (Phi) is 4.06. The van der Waals surface area contributed by atoms with Crippen LogP contribution in [0.2, 0.25) is 0 Å². The number of ketones is 1. The fourth-order valence-corrected chi connectivity index (χ4v) is 3.39. The second kappa shape index (κ2) is 5.86. The number of para-hydroxylation sites is 1. The number of piperidine rings is 1. The third kappa shape index (κ3) is 2.57. The van der Waals surface area contributed by atoms with Gasteiger partial charge in [-0.25, -0.2) is 0 Å². The summed E-state index contributed by atoms with van der Waals surface area (Å²) in [5.74, 6) is 0.449. The van der Waals surface area contributed by atoms with Gasteiger partial charge in [0.15, 0.2) is 5.78 Å². The van der Waals surface area contributed by atoms with Crippen molar-refractivity contribution in [3.05, 3.63) is 35.5 Å².